The number of anilines is 1. The van der Waals surface area contributed by atoms with Crippen molar-refractivity contribution in [3.8, 4) is 5.75 Å². The highest BCUT2D eigenvalue weighted by Crippen LogP contribution is 2.19. The van der Waals surface area contributed by atoms with E-state index in [0.717, 1.165) is 0 Å². The van der Waals surface area contributed by atoms with Gasteiger partial charge in [-0.25, -0.2) is 8.42 Å². The molecular weight excluding hydrogens is 254 g/mol. The highest BCUT2D eigenvalue weighted by Gasteiger charge is 2.16. The summed E-state index contributed by atoms with van der Waals surface area (Å²) < 4.78 is 28.0. The van der Waals surface area contributed by atoms with Gasteiger partial charge in [-0.3, -0.25) is 9.40 Å². The molecule has 2 rings (SSSR count). The van der Waals surface area contributed by atoms with E-state index in [9.17, 15) is 13.5 Å². The zero-order valence-electron chi connectivity index (χ0n) is 9.95. The molecule has 0 aliphatic rings. The van der Waals surface area contributed by atoms with Gasteiger partial charge in [0.1, 0.15) is 11.6 Å². The maximum absolute atomic E-state index is 12.1. The van der Waals surface area contributed by atoms with E-state index in [1.165, 1.54) is 28.9 Å². The number of aryl methyl sites for hydroxylation is 2. The molecule has 0 bridgehead atoms. The van der Waals surface area contributed by atoms with Crippen molar-refractivity contribution in [1.29, 1.82) is 0 Å². The molecular formula is C11H13N3O3S. The van der Waals surface area contributed by atoms with Crippen molar-refractivity contribution in [1.82, 2.24) is 9.78 Å². The second kappa shape index (κ2) is 4.34. The second-order valence-electron chi connectivity index (χ2n) is 3.90. The lowest BCUT2D eigenvalue weighted by Gasteiger charge is -2.07. The molecule has 7 heteroatoms. The minimum absolute atomic E-state index is 0.00125. The number of nitrogens with zero attached hydrogens (tertiary/aromatic N) is 2. The summed E-state index contributed by atoms with van der Waals surface area (Å²) in [6, 6.07) is 7.10. The zero-order chi connectivity index (χ0) is 13.3. The quantitative estimate of drug-likeness (QED) is 0.876. The number of aromatic hydroxyl groups is 1. The molecule has 96 valence electrons. The average Bonchev–Trinajstić information content (AvgIpc) is 2.56. The van der Waals surface area contributed by atoms with Gasteiger partial charge in [0.05, 0.1) is 10.6 Å². The fraction of sp³-hybridized carbons (Fsp3) is 0.182. The maximum Gasteiger partial charge on any atom is 0.263 e. The summed E-state index contributed by atoms with van der Waals surface area (Å²) in [7, 11) is -2.07. The predicted octanol–water partition coefficient (Wildman–Crippen LogP) is 1.23. The molecule has 1 heterocycles. The SMILES string of the molecule is Cc1cc(NS(=O)(=O)c2cccc(O)c2)n(C)n1. The molecule has 6 nitrogen and oxygen atoms in total. The number of sulfonamides is 1. The number of aromatic nitrogens is 2. The fourth-order valence-electron chi connectivity index (χ4n) is 1.55. The molecule has 2 N–H and O–H groups in total. The van der Waals surface area contributed by atoms with E-state index in [1.807, 2.05) is 0 Å². The van der Waals surface area contributed by atoms with Gasteiger partial charge in [-0.15, -0.1) is 0 Å². The minimum Gasteiger partial charge on any atom is -0.508 e. The van der Waals surface area contributed by atoms with Crippen LogP contribution in [-0.4, -0.2) is 23.3 Å². The summed E-state index contributed by atoms with van der Waals surface area (Å²) in [6.07, 6.45) is 0. The first-order valence-corrected chi connectivity index (χ1v) is 6.69. The number of benzene rings is 1. The van der Waals surface area contributed by atoms with Crippen molar-refractivity contribution in [3.63, 3.8) is 0 Å². The van der Waals surface area contributed by atoms with Crippen molar-refractivity contribution in [3.05, 3.63) is 36.0 Å². The van der Waals surface area contributed by atoms with Crippen molar-refractivity contribution in [2.45, 2.75) is 11.8 Å². The van der Waals surface area contributed by atoms with Gasteiger partial charge >= 0.3 is 0 Å². The lowest BCUT2D eigenvalue weighted by molar-refractivity contribution is 0.473. The Kier molecular flexibility index (Phi) is 3.00. The molecule has 0 aliphatic heterocycles. The Hall–Kier alpha value is -2.02. The topological polar surface area (TPSA) is 84.2 Å². The fourth-order valence-corrected chi connectivity index (χ4v) is 2.67. The lowest BCUT2D eigenvalue weighted by atomic mass is 10.3. The van der Waals surface area contributed by atoms with Crippen LogP contribution in [0.4, 0.5) is 5.82 Å². The van der Waals surface area contributed by atoms with Crippen LogP contribution >= 0.6 is 0 Å². The van der Waals surface area contributed by atoms with Crippen LogP contribution in [0.25, 0.3) is 0 Å². The van der Waals surface area contributed by atoms with E-state index in [1.54, 1.807) is 20.0 Å². The number of rotatable bonds is 3. The smallest absolute Gasteiger partial charge is 0.263 e. The van der Waals surface area contributed by atoms with Gasteiger partial charge in [-0.1, -0.05) is 6.07 Å². The van der Waals surface area contributed by atoms with Crippen molar-refractivity contribution in [2.75, 3.05) is 4.72 Å². The molecule has 1 aromatic heterocycles. The van der Waals surface area contributed by atoms with Gasteiger partial charge in [0.25, 0.3) is 10.0 Å². The molecule has 0 atom stereocenters. The van der Waals surface area contributed by atoms with E-state index in [0.29, 0.717) is 11.5 Å². The minimum atomic E-state index is -3.72. The van der Waals surface area contributed by atoms with Crippen LogP contribution in [0, 0.1) is 6.92 Å². The largest absolute Gasteiger partial charge is 0.508 e. The molecule has 1 aromatic carbocycles. The third kappa shape index (κ3) is 2.45. The highest BCUT2D eigenvalue weighted by atomic mass is 32.2. The van der Waals surface area contributed by atoms with E-state index >= 15 is 0 Å². The van der Waals surface area contributed by atoms with Crippen LogP contribution in [0.15, 0.2) is 35.2 Å². The third-order valence-electron chi connectivity index (χ3n) is 2.37. The highest BCUT2D eigenvalue weighted by molar-refractivity contribution is 7.92. The molecule has 0 saturated heterocycles. The van der Waals surface area contributed by atoms with E-state index < -0.39 is 10.0 Å². The summed E-state index contributed by atoms with van der Waals surface area (Å²) in [5.74, 6) is 0.273. The van der Waals surface area contributed by atoms with Gasteiger partial charge in [-0.2, -0.15) is 5.10 Å². The molecule has 0 aliphatic carbocycles. The molecule has 0 unspecified atom stereocenters. The average molecular weight is 267 g/mol. The molecule has 0 amide bonds. The molecule has 2 aromatic rings. The first-order chi connectivity index (χ1) is 8.38. The molecule has 0 saturated carbocycles. The Balaban J connectivity index is 2.36. The monoisotopic (exact) mass is 267 g/mol. The van der Waals surface area contributed by atoms with Crippen LogP contribution in [-0.2, 0) is 17.1 Å². The summed E-state index contributed by atoms with van der Waals surface area (Å²) in [6.45, 7) is 1.77. The van der Waals surface area contributed by atoms with E-state index in [-0.39, 0.29) is 10.6 Å². The Labute approximate surface area is 105 Å². The third-order valence-corrected chi connectivity index (χ3v) is 3.72. The number of hydrogen-bond acceptors (Lipinski definition) is 4. The predicted molar refractivity (Wildman–Crippen MR) is 66.9 cm³/mol. The van der Waals surface area contributed by atoms with E-state index in [4.69, 9.17) is 0 Å². The first kappa shape index (κ1) is 12.4. The Bertz CT molecular complexity index is 677. The first-order valence-electron chi connectivity index (χ1n) is 5.21. The van der Waals surface area contributed by atoms with Crippen molar-refractivity contribution >= 4 is 15.8 Å². The van der Waals surface area contributed by atoms with Crippen LogP contribution in [0.3, 0.4) is 0 Å². The number of phenols is 1. The zero-order valence-corrected chi connectivity index (χ0v) is 10.8. The van der Waals surface area contributed by atoms with Crippen molar-refractivity contribution in [2.24, 2.45) is 7.05 Å². The molecule has 0 fully saturated rings. The Morgan fingerprint density at radius 1 is 1.33 bits per heavy atom. The molecule has 0 radical (unpaired) electrons. The maximum atomic E-state index is 12.1. The van der Waals surface area contributed by atoms with Crippen LogP contribution in [0.1, 0.15) is 5.69 Å². The summed E-state index contributed by atoms with van der Waals surface area (Å²) >= 11 is 0. The molecule has 0 spiro atoms. The number of nitrogens with one attached hydrogen (secondary N) is 1. The Morgan fingerprint density at radius 3 is 2.61 bits per heavy atom. The summed E-state index contributed by atoms with van der Waals surface area (Å²) in [5.41, 5.74) is 0.714. The standard InChI is InChI=1S/C11H13N3O3S/c1-8-6-11(14(2)12-8)13-18(16,17)10-5-3-4-9(15)7-10/h3-7,13,15H,1-2H3. The van der Waals surface area contributed by atoms with Gasteiger partial charge in [-0.05, 0) is 19.1 Å². The molecule has 18 heavy (non-hydrogen) atoms. The van der Waals surface area contributed by atoms with Crippen LogP contribution in [0.2, 0.25) is 0 Å². The van der Waals surface area contributed by atoms with Gasteiger partial charge < -0.3 is 5.11 Å². The van der Waals surface area contributed by atoms with Crippen LogP contribution in [0.5, 0.6) is 5.75 Å². The second-order valence-corrected chi connectivity index (χ2v) is 5.58. The van der Waals surface area contributed by atoms with Gasteiger partial charge in [0.15, 0.2) is 0 Å². The lowest BCUT2D eigenvalue weighted by Crippen LogP contribution is -2.15. The van der Waals surface area contributed by atoms with Crippen LogP contribution < -0.4 is 4.72 Å². The van der Waals surface area contributed by atoms with Crippen molar-refractivity contribution < 1.29 is 13.5 Å². The van der Waals surface area contributed by atoms with E-state index in [2.05, 4.69) is 9.82 Å². The summed E-state index contributed by atoms with van der Waals surface area (Å²) in [4.78, 5) is 0.00125. The Morgan fingerprint density at radius 2 is 2.06 bits per heavy atom. The van der Waals surface area contributed by atoms with Gasteiger partial charge in [0, 0.05) is 19.2 Å². The number of hydrogen-bond donors (Lipinski definition) is 2. The summed E-state index contributed by atoms with van der Waals surface area (Å²) in [5, 5.41) is 13.3. The normalized spacial score (nSPS) is 11.4. The number of phenolic OH excluding ortho intramolecular Hbond substituents is 1. The van der Waals surface area contributed by atoms with Gasteiger partial charge in [0.2, 0.25) is 0 Å².